The van der Waals surface area contributed by atoms with Crippen LogP contribution in [-0.2, 0) is 4.79 Å². The Morgan fingerprint density at radius 2 is 2.21 bits per heavy atom. The molecule has 1 aromatic heterocycles. The summed E-state index contributed by atoms with van der Waals surface area (Å²) in [4.78, 5) is 13.1. The van der Waals surface area contributed by atoms with Crippen LogP contribution in [0.5, 0.6) is 0 Å². The van der Waals surface area contributed by atoms with Crippen molar-refractivity contribution in [1.82, 2.24) is 10.2 Å². The molecular weight excluding hydrogens is 244 g/mol. The molecule has 1 saturated heterocycles. The Morgan fingerprint density at radius 1 is 1.42 bits per heavy atom. The molecule has 0 aromatic carbocycles. The Bertz CT molecular complexity index is 498. The summed E-state index contributed by atoms with van der Waals surface area (Å²) in [5.74, 6) is -0.476. The van der Waals surface area contributed by atoms with Gasteiger partial charge in [-0.2, -0.15) is 10.4 Å². The zero-order chi connectivity index (χ0) is 13.7. The quantitative estimate of drug-likeness (QED) is 0.868. The molecule has 0 spiro atoms. The maximum absolute atomic E-state index is 11.4. The van der Waals surface area contributed by atoms with Gasteiger partial charge in [-0.25, -0.2) is 4.79 Å². The van der Waals surface area contributed by atoms with Gasteiger partial charge in [0.15, 0.2) is 5.82 Å². The molecule has 1 fully saturated rings. The molecule has 2 rings (SSSR count). The molecule has 6 nitrogen and oxygen atoms in total. The molecule has 0 saturated carbocycles. The Labute approximate surface area is 111 Å². The van der Waals surface area contributed by atoms with Crippen LogP contribution in [0.1, 0.15) is 37.7 Å². The average molecular weight is 260 g/mol. The van der Waals surface area contributed by atoms with Crippen LogP contribution in [-0.4, -0.2) is 33.9 Å². The molecule has 1 aliphatic heterocycles. The van der Waals surface area contributed by atoms with E-state index in [0.29, 0.717) is 24.3 Å². The number of nitriles is 1. The van der Waals surface area contributed by atoms with Crippen LogP contribution >= 0.6 is 0 Å². The van der Waals surface area contributed by atoms with E-state index in [4.69, 9.17) is 5.26 Å². The van der Waals surface area contributed by atoms with E-state index in [9.17, 15) is 9.90 Å². The van der Waals surface area contributed by atoms with Crippen molar-refractivity contribution >= 4 is 11.8 Å². The van der Waals surface area contributed by atoms with Crippen LogP contribution in [0.25, 0.3) is 0 Å². The van der Waals surface area contributed by atoms with Gasteiger partial charge in [-0.05, 0) is 18.9 Å². The highest BCUT2D eigenvalue weighted by molar-refractivity contribution is 5.78. The predicted octanol–water partition coefficient (Wildman–Crippen LogP) is 1.57. The number of hydrogen-bond acceptors (Lipinski definition) is 5. The van der Waals surface area contributed by atoms with E-state index in [2.05, 4.69) is 16.3 Å². The third kappa shape index (κ3) is 2.99. The van der Waals surface area contributed by atoms with Gasteiger partial charge in [0.2, 0.25) is 0 Å². The average Bonchev–Trinajstić information content (AvgIpc) is 2.38. The number of hydrogen-bond donors (Lipinski definition) is 1. The van der Waals surface area contributed by atoms with Crippen molar-refractivity contribution in [2.75, 3.05) is 11.4 Å². The van der Waals surface area contributed by atoms with E-state index in [1.165, 1.54) is 6.20 Å². The molecule has 6 heteroatoms. The van der Waals surface area contributed by atoms with E-state index in [-0.39, 0.29) is 0 Å². The molecule has 0 bridgehead atoms. The maximum Gasteiger partial charge on any atom is 0.326 e. The van der Waals surface area contributed by atoms with Crippen molar-refractivity contribution in [1.29, 1.82) is 5.26 Å². The minimum absolute atomic E-state index is 0.377. The molecular formula is C13H16N4O2. The first kappa shape index (κ1) is 13.3. The largest absolute Gasteiger partial charge is 0.480 e. The summed E-state index contributed by atoms with van der Waals surface area (Å²) in [5.41, 5.74) is 0.377. The van der Waals surface area contributed by atoms with Gasteiger partial charge in [-0.3, -0.25) is 0 Å². The molecule has 2 heterocycles. The van der Waals surface area contributed by atoms with Crippen molar-refractivity contribution in [2.45, 2.75) is 38.1 Å². The third-order valence-electron chi connectivity index (χ3n) is 3.38. The number of rotatable bonds is 2. The van der Waals surface area contributed by atoms with Crippen LogP contribution in [0.2, 0.25) is 0 Å². The van der Waals surface area contributed by atoms with Gasteiger partial charge in [0.1, 0.15) is 12.1 Å². The fraction of sp³-hybridized carbons (Fsp3) is 0.538. The van der Waals surface area contributed by atoms with Gasteiger partial charge in [0, 0.05) is 6.54 Å². The second-order valence-corrected chi connectivity index (χ2v) is 4.63. The van der Waals surface area contributed by atoms with Crippen molar-refractivity contribution < 1.29 is 9.90 Å². The van der Waals surface area contributed by atoms with Crippen molar-refractivity contribution in [2.24, 2.45) is 0 Å². The number of aromatic nitrogens is 2. The van der Waals surface area contributed by atoms with E-state index in [1.807, 2.05) is 0 Å². The van der Waals surface area contributed by atoms with E-state index < -0.39 is 12.0 Å². The summed E-state index contributed by atoms with van der Waals surface area (Å²) in [5, 5.41) is 26.2. The van der Waals surface area contributed by atoms with Crippen LogP contribution in [0.15, 0.2) is 12.3 Å². The van der Waals surface area contributed by atoms with E-state index >= 15 is 0 Å². The number of anilines is 1. The summed E-state index contributed by atoms with van der Waals surface area (Å²) in [6, 6.07) is 3.00. The molecule has 0 aliphatic carbocycles. The lowest BCUT2D eigenvalue weighted by molar-refractivity contribution is -0.138. The second kappa shape index (κ2) is 6.14. The molecule has 1 unspecified atom stereocenters. The maximum atomic E-state index is 11.4. The first-order chi connectivity index (χ1) is 9.24. The highest BCUT2D eigenvalue weighted by Gasteiger charge is 2.29. The Morgan fingerprint density at radius 3 is 2.95 bits per heavy atom. The lowest BCUT2D eigenvalue weighted by Gasteiger charge is -2.31. The van der Waals surface area contributed by atoms with E-state index in [1.54, 1.807) is 11.0 Å². The molecule has 0 amide bonds. The normalized spacial score (nSPS) is 20.2. The fourth-order valence-electron chi connectivity index (χ4n) is 2.42. The van der Waals surface area contributed by atoms with Gasteiger partial charge in [-0.15, -0.1) is 5.10 Å². The van der Waals surface area contributed by atoms with Crippen LogP contribution < -0.4 is 4.90 Å². The van der Waals surface area contributed by atoms with Crippen LogP contribution in [0.4, 0.5) is 5.82 Å². The number of nitrogens with zero attached hydrogens (tertiary/aromatic N) is 4. The van der Waals surface area contributed by atoms with E-state index in [0.717, 1.165) is 25.7 Å². The lowest BCUT2D eigenvalue weighted by Crippen LogP contribution is -2.43. The SMILES string of the molecule is N#Cc1ccnnc1N1CCCCCCC1C(=O)O. The molecule has 19 heavy (non-hydrogen) atoms. The Kier molecular flexibility index (Phi) is 4.29. The molecule has 1 atom stereocenters. The second-order valence-electron chi connectivity index (χ2n) is 4.63. The van der Waals surface area contributed by atoms with Crippen molar-refractivity contribution in [3.63, 3.8) is 0 Å². The third-order valence-corrected chi connectivity index (χ3v) is 3.38. The zero-order valence-electron chi connectivity index (χ0n) is 10.6. The first-order valence-corrected chi connectivity index (χ1v) is 6.45. The molecule has 1 aromatic rings. The van der Waals surface area contributed by atoms with Gasteiger partial charge in [0.25, 0.3) is 0 Å². The van der Waals surface area contributed by atoms with Crippen LogP contribution in [0.3, 0.4) is 0 Å². The summed E-state index contributed by atoms with van der Waals surface area (Å²) in [6.07, 6.45) is 5.95. The fourth-order valence-corrected chi connectivity index (χ4v) is 2.42. The van der Waals surface area contributed by atoms with Gasteiger partial charge in [-0.1, -0.05) is 19.3 Å². The van der Waals surface area contributed by atoms with Crippen LogP contribution in [0, 0.1) is 11.3 Å². The monoisotopic (exact) mass is 260 g/mol. The molecule has 0 radical (unpaired) electrons. The highest BCUT2D eigenvalue weighted by atomic mass is 16.4. The standard InChI is InChI=1S/C13H16N4O2/c14-9-10-6-7-15-16-12(10)17-8-4-2-1-3-5-11(17)13(18)19/h6-7,11H,1-5,8H2,(H,18,19). The minimum Gasteiger partial charge on any atom is -0.480 e. The first-order valence-electron chi connectivity index (χ1n) is 6.45. The summed E-state index contributed by atoms with van der Waals surface area (Å²) >= 11 is 0. The Balaban J connectivity index is 2.36. The summed E-state index contributed by atoms with van der Waals surface area (Å²) in [7, 11) is 0. The smallest absolute Gasteiger partial charge is 0.326 e. The van der Waals surface area contributed by atoms with Gasteiger partial charge in [0.05, 0.1) is 11.8 Å². The summed E-state index contributed by atoms with van der Waals surface area (Å²) < 4.78 is 0. The van der Waals surface area contributed by atoms with Crippen molar-refractivity contribution in [3.05, 3.63) is 17.8 Å². The number of carboxylic acids is 1. The topological polar surface area (TPSA) is 90.1 Å². The number of aliphatic carboxylic acids is 1. The summed E-state index contributed by atoms with van der Waals surface area (Å²) in [6.45, 7) is 0.602. The lowest BCUT2D eigenvalue weighted by atomic mass is 10.0. The van der Waals surface area contributed by atoms with Gasteiger partial charge >= 0.3 is 5.97 Å². The van der Waals surface area contributed by atoms with Crippen molar-refractivity contribution in [3.8, 4) is 6.07 Å². The predicted molar refractivity (Wildman–Crippen MR) is 68.6 cm³/mol. The molecule has 1 aliphatic rings. The molecule has 1 N–H and O–H groups in total. The molecule has 100 valence electrons. The Hall–Kier alpha value is -2.16. The minimum atomic E-state index is -0.864. The number of carboxylic acid groups (broad SMARTS) is 1. The number of carbonyl (C=O) groups is 1. The zero-order valence-corrected chi connectivity index (χ0v) is 10.6. The highest BCUT2D eigenvalue weighted by Crippen LogP contribution is 2.24. The van der Waals surface area contributed by atoms with Gasteiger partial charge < -0.3 is 10.0 Å².